The number of hydrogen-bond donors (Lipinski definition) is 2. The molecule has 0 aliphatic carbocycles. The maximum absolute atomic E-state index is 12.8. The third-order valence-corrected chi connectivity index (χ3v) is 3.51. The summed E-state index contributed by atoms with van der Waals surface area (Å²) in [6, 6.07) is 4.48. The van der Waals surface area contributed by atoms with Crippen LogP contribution in [-0.2, 0) is 19.1 Å². The number of carbonyl (C=O) groups excluding carboxylic acids is 3. The van der Waals surface area contributed by atoms with Crippen molar-refractivity contribution in [1.29, 1.82) is 0 Å². The second-order valence-electron chi connectivity index (χ2n) is 5.43. The van der Waals surface area contributed by atoms with Crippen LogP contribution in [-0.4, -0.2) is 37.2 Å². The maximum atomic E-state index is 12.8. The minimum atomic E-state index is -0.675. The zero-order valence-corrected chi connectivity index (χ0v) is 14.4. The Labute approximate surface area is 149 Å². The minimum absolute atomic E-state index is 0.170. The highest BCUT2D eigenvalue weighted by Gasteiger charge is 2.30. The van der Waals surface area contributed by atoms with Gasteiger partial charge in [-0.15, -0.1) is 0 Å². The summed E-state index contributed by atoms with van der Waals surface area (Å²) < 4.78 is 22.9. The summed E-state index contributed by atoms with van der Waals surface area (Å²) >= 11 is 0. The lowest BCUT2D eigenvalue weighted by atomic mass is 10.0. The first kappa shape index (κ1) is 19.2. The Morgan fingerprint density at radius 3 is 2.58 bits per heavy atom. The van der Waals surface area contributed by atoms with Crippen molar-refractivity contribution in [2.45, 2.75) is 19.9 Å². The lowest BCUT2D eigenvalue weighted by Crippen LogP contribution is -2.50. The first-order chi connectivity index (χ1) is 12.4. The Bertz CT molecular complexity index is 755. The summed E-state index contributed by atoms with van der Waals surface area (Å²) in [7, 11) is 0. The Hall–Kier alpha value is -3.16. The molecule has 1 aromatic rings. The second kappa shape index (κ2) is 8.80. The quantitative estimate of drug-likeness (QED) is 0.595. The molecule has 1 aliphatic heterocycles. The Morgan fingerprint density at radius 2 is 1.92 bits per heavy atom. The molecule has 0 saturated heterocycles. The number of esters is 2. The minimum Gasteiger partial charge on any atom is -0.463 e. The van der Waals surface area contributed by atoms with Crippen molar-refractivity contribution in [3.05, 3.63) is 53.0 Å². The fourth-order valence-corrected chi connectivity index (χ4v) is 2.32. The first-order valence-corrected chi connectivity index (χ1v) is 7.98. The smallest absolute Gasteiger partial charge is 0.338 e. The van der Waals surface area contributed by atoms with Gasteiger partial charge in [-0.2, -0.15) is 0 Å². The number of rotatable bonds is 6. The zero-order chi connectivity index (χ0) is 19.1. The average Bonchev–Trinajstić information content (AvgIpc) is 2.59. The molecular weight excluding hydrogens is 343 g/mol. The number of urea groups is 1. The van der Waals surface area contributed by atoms with E-state index in [-0.39, 0.29) is 30.3 Å². The van der Waals surface area contributed by atoms with Crippen molar-refractivity contribution in [3.63, 3.8) is 0 Å². The maximum Gasteiger partial charge on any atom is 0.338 e. The molecule has 7 nitrogen and oxygen atoms in total. The molecule has 1 atom stereocenters. The summed E-state index contributed by atoms with van der Waals surface area (Å²) in [5.41, 5.74) is 0.989. The van der Waals surface area contributed by atoms with Gasteiger partial charge in [0.25, 0.3) is 0 Å². The molecule has 0 bridgehead atoms. The number of hydrogen-bond acceptors (Lipinski definition) is 5. The van der Waals surface area contributed by atoms with Crippen LogP contribution in [0.25, 0.3) is 6.08 Å². The highest BCUT2D eigenvalue weighted by Crippen LogP contribution is 2.15. The summed E-state index contributed by atoms with van der Waals surface area (Å²) in [5.74, 6) is -1.65. The standard InChI is InChI=1S/C18H19FN2O5/c1-3-25-17(23)16-11(2)20-18(24)21-14(16)10-26-15(22)9-6-12-4-7-13(19)8-5-12/h4-9,11H,3,10H2,1-2H3,(H2,20,21,24)/b9-6+/t11-/m0/s1. The van der Waals surface area contributed by atoms with Gasteiger partial charge in [0, 0.05) is 6.08 Å². The van der Waals surface area contributed by atoms with Crippen LogP contribution in [0.3, 0.4) is 0 Å². The van der Waals surface area contributed by atoms with Gasteiger partial charge in [-0.1, -0.05) is 12.1 Å². The molecule has 0 spiro atoms. The monoisotopic (exact) mass is 362 g/mol. The van der Waals surface area contributed by atoms with E-state index in [1.807, 2.05) is 0 Å². The molecule has 1 heterocycles. The number of nitrogens with one attached hydrogen (secondary N) is 2. The average molecular weight is 362 g/mol. The van der Waals surface area contributed by atoms with Crippen molar-refractivity contribution in [2.75, 3.05) is 13.2 Å². The predicted molar refractivity (Wildman–Crippen MR) is 91.2 cm³/mol. The molecular formula is C18H19FN2O5. The molecule has 1 aliphatic rings. The summed E-state index contributed by atoms with van der Waals surface area (Å²) in [4.78, 5) is 35.5. The van der Waals surface area contributed by atoms with Crippen LogP contribution in [0.1, 0.15) is 19.4 Å². The molecule has 2 amide bonds. The molecule has 2 rings (SSSR count). The number of amides is 2. The molecule has 0 unspecified atom stereocenters. The normalized spacial score (nSPS) is 16.9. The molecule has 0 saturated carbocycles. The van der Waals surface area contributed by atoms with E-state index in [0.29, 0.717) is 5.56 Å². The summed E-state index contributed by atoms with van der Waals surface area (Å²) in [6.45, 7) is 3.17. The SMILES string of the molecule is CCOC(=O)C1=C(COC(=O)/C=C/c2ccc(F)cc2)NC(=O)N[C@H]1C. The van der Waals surface area contributed by atoms with Crippen molar-refractivity contribution >= 4 is 24.0 Å². The van der Waals surface area contributed by atoms with Gasteiger partial charge in [0.2, 0.25) is 0 Å². The lowest BCUT2D eigenvalue weighted by molar-refractivity contribution is -0.140. The summed E-state index contributed by atoms with van der Waals surface area (Å²) in [6.07, 6.45) is 2.64. The molecule has 8 heteroatoms. The highest BCUT2D eigenvalue weighted by atomic mass is 19.1. The van der Waals surface area contributed by atoms with Crippen molar-refractivity contribution in [2.24, 2.45) is 0 Å². The largest absolute Gasteiger partial charge is 0.463 e. The third kappa shape index (κ3) is 5.17. The van der Waals surface area contributed by atoms with Crippen LogP contribution < -0.4 is 10.6 Å². The fourth-order valence-electron chi connectivity index (χ4n) is 2.32. The number of halogens is 1. The van der Waals surface area contributed by atoms with Crippen LogP contribution in [0.15, 0.2) is 41.6 Å². The van der Waals surface area contributed by atoms with Crippen molar-refractivity contribution < 1.29 is 28.2 Å². The topological polar surface area (TPSA) is 93.7 Å². The van der Waals surface area contributed by atoms with E-state index < -0.39 is 24.0 Å². The third-order valence-electron chi connectivity index (χ3n) is 3.51. The summed E-state index contributed by atoms with van der Waals surface area (Å²) in [5, 5.41) is 5.00. The Balaban J connectivity index is 2.05. The van der Waals surface area contributed by atoms with Crippen molar-refractivity contribution in [3.8, 4) is 0 Å². The van der Waals surface area contributed by atoms with Gasteiger partial charge in [0.05, 0.1) is 23.9 Å². The van der Waals surface area contributed by atoms with Gasteiger partial charge in [-0.05, 0) is 37.6 Å². The Morgan fingerprint density at radius 1 is 1.23 bits per heavy atom. The lowest BCUT2D eigenvalue weighted by Gasteiger charge is -2.26. The molecule has 138 valence electrons. The number of carbonyl (C=O) groups is 3. The van der Waals surface area contributed by atoms with E-state index in [2.05, 4.69) is 10.6 Å². The number of benzene rings is 1. The van der Waals surface area contributed by atoms with Crippen molar-refractivity contribution in [1.82, 2.24) is 10.6 Å². The second-order valence-corrected chi connectivity index (χ2v) is 5.43. The van der Waals surface area contributed by atoms with Gasteiger partial charge in [0.1, 0.15) is 12.4 Å². The molecule has 1 aromatic carbocycles. The fraction of sp³-hybridized carbons (Fsp3) is 0.278. The van der Waals surface area contributed by atoms with E-state index >= 15 is 0 Å². The van der Waals surface area contributed by atoms with Gasteiger partial charge in [0.15, 0.2) is 0 Å². The van der Waals surface area contributed by atoms with Crippen LogP contribution >= 0.6 is 0 Å². The van der Waals surface area contributed by atoms with Gasteiger partial charge >= 0.3 is 18.0 Å². The van der Waals surface area contributed by atoms with E-state index in [0.717, 1.165) is 0 Å². The molecule has 0 radical (unpaired) electrons. The predicted octanol–water partition coefficient (Wildman–Crippen LogP) is 1.90. The van der Waals surface area contributed by atoms with Gasteiger partial charge in [-0.25, -0.2) is 18.8 Å². The molecule has 0 aromatic heterocycles. The highest BCUT2D eigenvalue weighted by molar-refractivity contribution is 5.95. The van der Waals surface area contributed by atoms with Crippen LogP contribution in [0.4, 0.5) is 9.18 Å². The first-order valence-electron chi connectivity index (χ1n) is 7.98. The van der Waals surface area contributed by atoms with E-state index in [1.165, 1.54) is 36.4 Å². The van der Waals surface area contributed by atoms with Crippen LogP contribution in [0.5, 0.6) is 0 Å². The van der Waals surface area contributed by atoms with Crippen LogP contribution in [0.2, 0.25) is 0 Å². The van der Waals surface area contributed by atoms with Gasteiger partial charge in [-0.3, -0.25) is 0 Å². The molecule has 0 fully saturated rings. The zero-order valence-electron chi connectivity index (χ0n) is 14.4. The van der Waals surface area contributed by atoms with E-state index in [4.69, 9.17) is 9.47 Å². The molecule has 26 heavy (non-hydrogen) atoms. The number of ether oxygens (including phenoxy) is 2. The van der Waals surface area contributed by atoms with E-state index in [9.17, 15) is 18.8 Å². The van der Waals surface area contributed by atoms with E-state index in [1.54, 1.807) is 13.8 Å². The Kier molecular flexibility index (Phi) is 6.48. The molecule has 2 N–H and O–H groups in total. The van der Waals surface area contributed by atoms with Gasteiger partial charge < -0.3 is 20.1 Å². The van der Waals surface area contributed by atoms with Crippen LogP contribution in [0, 0.1) is 5.82 Å².